The van der Waals surface area contributed by atoms with Crippen LogP contribution in [0.4, 0.5) is 5.69 Å². The third-order valence-corrected chi connectivity index (χ3v) is 6.20. The molecule has 0 aliphatic carbocycles. The number of pyridine rings is 1. The van der Waals surface area contributed by atoms with Crippen molar-refractivity contribution < 1.29 is 15.1 Å². The molecule has 1 aliphatic heterocycles. The summed E-state index contributed by atoms with van der Waals surface area (Å²) in [5.74, 6) is -1.02. The molecule has 0 amide bonds. The van der Waals surface area contributed by atoms with Crippen molar-refractivity contribution >= 4 is 17.4 Å². The molecule has 1 unspecified atom stereocenters. The van der Waals surface area contributed by atoms with Crippen molar-refractivity contribution in [3.8, 4) is 0 Å². The van der Waals surface area contributed by atoms with Crippen LogP contribution in [-0.4, -0.2) is 40.1 Å². The zero-order chi connectivity index (χ0) is 22.7. The van der Waals surface area contributed by atoms with Crippen LogP contribution in [0.1, 0.15) is 40.3 Å². The SMILES string of the molecule is Cc1cc(/C(CC(c2ccc(N3CC(C(=O)O)C3)cc2)c2ccccc2C)=N\O)ccn1. The summed E-state index contributed by atoms with van der Waals surface area (Å²) in [6.07, 6.45) is 2.26. The van der Waals surface area contributed by atoms with Crippen LogP contribution < -0.4 is 4.90 Å². The fraction of sp³-hybridized carbons (Fsp3) is 0.269. The van der Waals surface area contributed by atoms with Gasteiger partial charge in [0, 0.05) is 48.6 Å². The topological polar surface area (TPSA) is 86.0 Å². The van der Waals surface area contributed by atoms with Crippen molar-refractivity contribution in [3.05, 3.63) is 94.8 Å². The molecule has 1 atom stereocenters. The van der Waals surface area contributed by atoms with Crippen molar-refractivity contribution in [2.75, 3.05) is 18.0 Å². The van der Waals surface area contributed by atoms with Crippen molar-refractivity contribution in [2.24, 2.45) is 11.1 Å². The molecule has 1 saturated heterocycles. The molecular weight excluding hydrogens is 402 g/mol. The van der Waals surface area contributed by atoms with Gasteiger partial charge in [0.1, 0.15) is 0 Å². The molecule has 2 heterocycles. The van der Waals surface area contributed by atoms with Crippen molar-refractivity contribution in [1.29, 1.82) is 0 Å². The lowest BCUT2D eigenvalue weighted by atomic mass is 9.83. The quantitative estimate of drug-likeness (QED) is 0.325. The van der Waals surface area contributed by atoms with E-state index in [1.54, 1.807) is 6.20 Å². The highest BCUT2D eigenvalue weighted by Gasteiger charge is 2.32. The minimum absolute atomic E-state index is 0.00720. The summed E-state index contributed by atoms with van der Waals surface area (Å²) in [4.78, 5) is 17.4. The summed E-state index contributed by atoms with van der Waals surface area (Å²) in [7, 11) is 0. The van der Waals surface area contributed by atoms with Gasteiger partial charge in [-0.25, -0.2) is 0 Å². The number of nitrogens with zero attached hydrogens (tertiary/aromatic N) is 3. The minimum Gasteiger partial charge on any atom is -0.481 e. The number of hydrogen-bond acceptors (Lipinski definition) is 5. The Kier molecular flexibility index (Phi) is 6.21. The van der Waals surface area contributed by atoms with E-state index in [0.29, 0.717) is 25.2 Å². The van der Waals surface area contributed by atoms with Crippen LogP contribution >= 0.6 is 0 Å². The van der Waals surface area contributed by atoms with E-state index in [4.69, 9.17) is 5.11 Å². The Labute approximate surface area is 187 Å². The zero-order valence-corrected chi connectivity index (χ0v) is 18.3. The van der Waals surface area contributed by atoms with Gasteiger partial charge in [0.25, 0.3) is 0 Å². The molecule has 1 fully saturated rings. The van der Waals surface area contributed by atoms with E-state index in [9.17, 15) is 10.0 Å². The maximum atomic E-state index is 11.1. The molecule has 2 aromatic carbocycles. The second kappa shape index (κ2) is 9.22. The maximum Gasteiger partial charge on any atom is 0.310 e. The predicted octanol–water partition coefficient (Wildman–Crippen LogP) is 4.62. The second-order valence-electron chi connectivity index (χ2n) is 8.38. The maximum absolute atomic E-state index is 11.1. The van der Waals surface area contributed by atoms with Gasteiger partial charge in [0.15, 0.2) is 0 Å². The molecule has 0 radical (unpaired) electrons. The van der Waals surface area contributed by atoms with Gasteiger partial charge in [-0.15, -0.1) is 0 Å². The van der Waals surface area contributed by atoms with Crippen LogP contribution in [0.15, 0.2) is 72.0 Å². The number of carbonyl (C=O) groups is 1. The molecule has 0 saturated carbocycles. The number of aromatic nitrogens is 1. The van der Waals surface area contributed by atoms with E-state index in [1.807, 2.05) is 43.3 Å². The van der Waals surface area contributed by atoms with Crippen molar-refractivity contribution in [1.82, 2.24) is 4.98 Å². The van der Waals surface area contributed by atoms with Gasteiger partial charge in [-0.3, -0.25) is 9.78 Å². The van der Waals surface area contributed by atoms with Crippen LogP contribution in [0, 0.1) is 19.8 Å². The normalized spacial score (nSPS) is 15.3. The first-order chi connectivity index (χ1) is 15.5. The number of rotatable bonds is 7. The van der Waals surface area contributed by atoms with E-state index < -0.39 is 5.97 Å². The van der Waals surface area contributed by atoms with E-state index >= 15 is 0 Å². The molecule has 6 heteroatoms. The molecule has 164 valence electrons. The van der Waals surface area contributed by atoms with Crippen LogP contribution in [0.5, 0.6) is 0 Å². The second-order valence-corrected chi connectivity index (χ2v) is 8.38. The van der Waals surface area contributed by atoms with Crippen molar-refractivity contribution in [2.45, 2.75) is 26.2 Å². The highest BCUT2D eigenvalue weighted by atomic mass is 16.4. The van der Waals surface area contributed by atoms with Gasteiger partial charge < -0.3 is 15.2 Å². The number of carboxylic acid groups (broad SMARTS) is 1. The van der Waals surface area contributed by atoms with Gasteiger partial charge in [-0.2, -0.15) is 0 Å². The number of carboxylic acids is 1. The number of benzene rings is 2. The Hall–Kier alpha value is -3.67. The van der Waals surface area contributed by atoms with Crippen molar-refractivity contribution in [3.63, 3.8) is 0 Å². The Bertz CT molecular complexity index is 1140. The summed E-state index contributed by atoms with van der Waals surface area (Å²) >= 11 is 0. The number of aryl methyl sites for hydroxylation is 2. The van der Waals surface area contributed by atoms with Gasteiger partial charge >= 0.3 is 5.97 Å². The van der Waals surface area contributed by atoms with Crippen LogP contribution in [0.2, 0.25) is 0 Å². The highest BCUT2D eigenvalue weighted by molar-refractivity contribution is 6.01. The molecule has 4 rings (SSSR count). The average molecular weight is 430 g/mol. The summed E-state index contributed by atoms with van der Waals surface area (Å²) in [5, 5.41) is 22.6. The van der Waals surface area contributed by atoms with E-state index in [-0.39, 0.29) is 11.8 Å². The number of anilines is 1. The number of hydrogen-bond donors (Lipinski definition) is 2. The first kappa shape index (κ1) is 21.6. The highest BCUT2D eigenvalue weighted by Crippen LogP contribution is 2.34. The van der Waals surface area contributed by atoms with Gasteiger partial charge in [-0.1, -0.05) is 41.6 Å². The summed E-state index contributed by atoms with van der Waals surface area (Å²) in [6, 6.07) is 20.3. The zero-order valence-electron chi connectivity index (χ0n) is 18.3. The third-order valence-electron chi connectivity index (χ3n) is 6.20. The monoisotopic (exact) mass is 429 g/mol. The standard InChI is InChI=1S/C26H27N3O3/c1-17-5-3-4-6-23(17)24(14-25(28-32)20-11-12-27-18(2)13-20)19-7-9-22(10-8-19)29-15-21(16-29)26(30)31/h3-13,21,24,32H,14-16H2,1-2H3,(H,30,31)/b28-25-. The van der Waals surface area contributed by atoms with E-state index in [0.717, 1.165) is 22.5 Å². The lowest BCUT2D eigenvalue weighted by molar-refractivity contribution is -0.142. The first-order valence-corrected chi connectivity index (χ1v) is 10.7. The third kappa shape index (κ3) is 4.49. The Balaban J connectivity index is 1.63. The fourth-order valence-electron chi connectivity index (χ4n) is 4.28. The molecule has 2 N–H and O–H groups in total. The summed E-state index contributed by atoms with van der Waals surface area (Å²) in [5.41, 5.74) is 6.84. The van der Waals surface area contributed by atoms with Gasteiger partial charge in [0.05, 0.1) is 11.6 Å². The molecule has 6 nitrogen and oxygen atoms in total. The van der Waals surface area contributed by atoms with E-state index in [2.05, 4.69) is 46.2 Å². The lowest BCUT2D eigenvalue weighted by Gasteiger charge is -2.38. The first-order valence-electron chi connectivity index (χ1n) is 10.7. The van der Waals surface area contributed by atoms with Crippen LogP contribution in [0.3, 0.4) is 0 Å². The number of aliphatic carboxylic acids is 1. The Morgan fingerprint density at radius 1 is 1.12 bits per heavy atom. The van der Waals surface area contributed by atoms with Gasteiger partial charge in [-0.05, 0) is 54.8 Å². The Morgan fingerprint density at radius 3 is 2.47 bits per heavy atom. The minimum atomic E-state index is -0.736. The summed E-state index contributed by atoms with van der Waals surface area (Å²) < 4.78 is 0. The lowest BCUT2D eigenvalue weighted by Crippen LogP contribution is -2.50. The van der Waals surface area contributed by atoms with Crippen LogP contribution in [0.25, 0.3) is 0 Å². The fourth-order valence-corrected chi connectivity index (χ4v) is 4.28. The smallest absolute Gasteiger partial charge is 0.310 e. The molecule has 1 aromatic heterocycles. The number of oxime groups is 1. The molecule has 0 bridgehead atoms. The predicted molar refractivity (Wildman–Crippen MR) is 125 cm³/mol. The van der Waals surface area contributed by atoms with Crippen LogP contribution in [-0.2, 0) is 4.79 Å². The van der Waals surface area contributed by atoms with E-state index in [1.165, 1.54) is 11.1 Å². The largest absolute Gasteiger partial charge is 0.481 e. The van der Waals surface area contributed by atoms with Gasteiger partial charge in [0.2, 0.25) is 0 Å². The average Bonchev–Trinajstić information content (AvgIpc) is 2.75. The molecule has 32 heavy (non-hydrogen) atoms. The molecular formula is C26H27N3O3. The molecule has 0 spiro atoms. The summed E-state index contributed by atoms with van der Waals surface area (Å²) in [6.45, 7) is 5.09. The Morgan fingerprint density at radius 2 is 1.84 bits per heavy atom. The molecule has 3 aromatic rings. The molecule has 1 aliphatic rings.